The van der Waals surface area contributed by atoms with Crippen molar-refractivity contribution in [3.05, 3.63) is 65.7 Å². The second-order valence-electron chi connectivity index (χ2n) is 5.95. The van der Waals surface area contributed by atoms with E-state index < -0.39 is 0 Å². The van der Waals surface area contributed by atoms with Crippen LogP contribution in [0.15, 0.2) is 54.6 Å². The fourth-order valence-electron chi connectivity index (χ4n) is 2.95. The maximum atomic E-state index is 12.9. The van der Waals surface area contributed by atoms with Crippen molar-refractivity contribution in [1.82, 2.24) is 10.2 Å². The zero-order valence-electron chi connectivity index (χ0n) is 13.5. The average molecular weight is 309 g/mol. The van der Waals surface area contributed by atoms with Crippen molar-refractivity contribution >= 4 is 11.6 Å². The molecule has 1 atom stereocenters. The van der Waals surface area contributed by atoms with Gasteiger partial charge in [-0.25, -0.2) is 0 Å². The predicted octanol–water partition coefficient (Wildman–Crippen LogP) is 2.58. The third kappa shape index (κ3) is 3.97. The third-order valence-corrected chi connectivity index (χ3v) is 4.20. The van der Waals surface area contributed by atoms with Crippen LogP contribution in [-0.4, -0.2) is 37.0 Å². The molecule has 0 aliphatic carbocycles. The van der Waals surface area contributed by atoms with Gasteiger partial charge in [-0.15, -0.1) is 0 Å². The van der Waals surface area contributed by atoms with Gasteiger partial charge in [-0.1, -0.05) is 48.0 Å². The fraction of sp³-hybridized carbons (Fsp3) is 0.316. The summed E-state index contributed by atoms with van der Waals surface area (Å²) in [6.45, 7) is 5.63. The minimum atomic E-state index is -0.250. The van der Waals surface area contributed by atoms with Gasteiger partial charge in [-0.05, 0) is 24.6 Å². The molecule has 1 amide bonds. The van der Waals surface area contributed by atoms with Crippen molar-refractivity contribution in [1.29, 1.82) is 0 Å². The molecule has 2 aromatic carbocycles. The van der Waals surface area contributed by atoms with Crippen molar-refractivity contribution in [3.8, 4) is 0 Å². The van der Waals surface area contributed by atoms with Crippen LogP contribution in [0.2, 0.25) is 0 Å². The SMILES string of the molecule is Cc1ccc(NC(=O)C(c2ccccc2)N2CCNCC2)cc1. The Bertz CT molecular complexity index is 633. The lowest BCUT2D eigenvalue weighted by Gasteiger charge is -2.34. The number of hydrogen-bond donors (Lipinski definition) is 2. The second kappa shape index (κ2) is 7.40. The Balaban J connectivity index is 1.82. The summed E-state index contributed by atoms with van der Waals surface area (Å²) in [5.41, 5.74) is 3.07. The zero-order valence-corrected chi connectivity index (χ0v) is 13.5. The molecule has 3 rings (SSSR count). The van der Waals surface area contributed by atoms with Crippen LogP contribution in [0.25, 0.3) is 0 Å². The van der Waals surface area contributed by atoms with E-state index in [0.29, 0.717) is 0 Å². The van der Waals surface area contributed by atoms with Crippen LogP contribution >= 0.6 is 0 Å². The summed E-state index contributed by atoms with van der Waals surface area (Å²) < 4.78 is 0. The van der Waals surface area contributed by atoms with E-state index >= 15 is 0 Å². The summed E-state index contributed by atoms with van der Waals surface area (Å²) >= 11 is 0. The molecule has 2 aromatic rings. The molecule has 4 heteroatoms. The number of nitrogens with one attached hydrogen (secondary N) is 2. The maximum Gasteiger partial charge on any atom is 0.246 e. The van der Waals surface area contributed by atoms with Gasteiger partial charge in [0.1, 0.15) is 6.04 Å². The normalized spacial score (nSPS) is 16.7. The first kappa shape index (κ1) is 15.7. The van der Waals surface area contributed by atoms with Crippen LogP contribution in [0.4, 0.5) is 5.69 Å². The number of nitrogens with zero attached hydrogens (tertiary/aromatic N) is 1. The highest BCUT2D eigenvalue weighted by Gasteiger charge is 2.28. The highest BCUT2D eigenvalue weighted by molar-refractivity contribution is 5.95. The lowest BCUT2D eigenvalue weighted by Crippen LogP contribution is -2.48. The topological polar surface area (TPSA) is 44.4 Å². The molecule has 1 aliphatic heterocycles. The average Bonchev–Trinajstić information content (AvgIpc) is 2.59. The molecule has 1 unspecified atom stereocenters. The van der Waals surface area contributed by atoms with Crippen LogP contribution in [0.3, 0.4) is 0 Å². The van der Waals surface area contributed by atoms with Crippen LogP contribution in [-0.2, 0) is 4.79 Å². The molecule has 1 saturated heterocycles. The quantitative estimate of drug-likeness (QED) is 0.912. The molecule has 1 aliphatic rings. The largest absolute Gasteiger partial charge is 0.324 e. The smallest absolute Gasteiger partial charge is 0.246 e. The highest BCUT2D eigenvalue weighted by atomic mass is 16.2. The lowest BCUT2D eigenvalue weighted by atomic mass is 10.0. The van der Waals surface area contributed by atoms with Crippen molar-refractivity contribution in [2.45, 2.75) is 13.0 Å². The number of hydrogen-bond acceptors (Lipinski definition) is 3. The second-order valence-corrected chi connectivity index (χ2v) is 5.95. The van der Waals surface area contributed by atoms with Crippen molar-refractivity contribution in [2.24, 2.45) is 0 Å². The molecular weight excluding hydrogens is 286 g/mol. The van der Waals surface area contributed by atoms with Crippen molar-refractivity contribution < 1.29 is 4.79 Å². The Kier molecular flexibility index (Phi) is 5.05. The number of anilines is 1. The van der Waals surface area contributed by atoms with Gasteiger partial charge in [-0.2, -0.15) is 0 Å². The Hall–Kier alpha value is -2.17. The van der Waals surface area contributed by atoms with E-state index in [1.54, 1.807) is 0 Å². The van der Waals surface area contributed by atoms with Crippen LogP contribution < -0.4 is 10.6 Å². The highest BCUT2D eigenvalue weighted by Crippen LogP contribution is 2.23. The van der Waals surface area contributed by atoms with Gasteiger partial charge in [0, 0.05) is 31.9 Å². The van der Waals surface area contributed by atoms with Crippen LogP contribution in [0.5, 0.6) is 0 Å². The number of piperazine rings is 1. The van der Waals surface area contributed by atoms with Crippen LogP contribution in [0, 0.1) is 6.92 Å². The Labute approximate surface area is 137 Å². The first-order valence-corrected chi connectivity index (χ1v) is 8.11. The molecule has 1 fully saturated rings. The number of carbonyl (C=O) groups excluding carboxylic acids is 1. The molecule has 0 saturated carbocycles. The molecule has 2 N–H and O–H groups in total. The number of benzene rings is 2. The van der Waals surface area contributed by atoms with E-state index in [0.717, 1.165) is 37.4 Å². The van der Waals surface area contributed by atoms with Gasteiger partial charge in [0.25, 0.3) is 0 Å². The third-order valence-electron chi connectivity index (χ3n) is 4.20. The van der Waals surface area contributed by atoms with Gasteiger partial charge in [0.15, 0.2) is 0 Å². The van der Waals surface area contributed by atoms with Gasteiger partial charge in [0.05, 0.1) is 0 Å². The van der Waals surface area contributed by atoms with E-state index in [2.05, 4.69) is 15.5 Å². The Morgan fingerprint density at radius 2 is 1.70 bits per heavy atom. The van der Waals surface area contributed by atoms with E-state index in [4.69, 9.17) is 0 Å². The number of rotatable bonds is 4. The van der Waals surface area contributed by atoms with Gasteiger partial charge >= 0.3 is 0 Å². The van der Waals surface area contributed by atoms with E-state index in [9.17, 15) is 4.79 Å². The molecule has 0 radical (unpaired) electrons. The van der Waals surface area contributed by atoms with Gasteiger partial charge in [-0.3, -0.25) is 9.69 Å². The van der Waals surface area contributed by atoms with Gasteiger partial charge in [0.2, 0.25) is 5.91 Å². The molecule has 4 nitrogen and oxygen atoms in total. The molecular formula is C19H23N3O. The predicted molar refractivity (Wildman–Crippen MR) is 93.4 cm³/mol. The van der Waals surface area contributed by atoms with Crippen molar-refractivity contribution in [3.63, 3.8) is 0 Å². The van der Waals surface area contributed by atoms with Gasteiger partial charge < -0.3 is 10.6 Å². The summed E-state index contributed by atoms with van der Waals surface area (Å²) in [7, 11) is 0. The minimum Gasteiger partial charge on any atom is -0.324 e. The van der Waals surface area contributed by atoms with E-state index in [1.807, 2.05) is 61.5 Å². The van der Waals surface area contributed by atoms with Crippen LogP contribution in [0.1, 0.15) is 17.2 Å². The summed E-state index contributed by atoms with van der Waals surface area (Å²) in [5, 5.41) is 6.41. The maximum absolute atomic E-state index is 12.9. The Morgan fingerprint density at radius 3 is 2.35 bits per heavy atom. The first-order valence-electron chi connectivity index (χ1n) is 8.11. The molecule has 120 valence electrons. The number of amides is 1. The lowest BCUT2D eigenvalue weighted by molar-refractivity contribution is -0.121. The monoisotopic (exact) mass is 309 g/mol. The van der Waals surface area contributed by atoms with E-state index in [-0.39, 0.29) is 11.9 Å². The van der Waals surface area contributed by atoms with Crippen molar-refractivity contribution in [2.75, 3.05) is 31.5 Å². The van der Waals surface area contributed by atoms with E-state index in [1.165, 1.54) is 5.56 Å². The Morgan fingerprint density at radius 1 is 1.04 bits per heavy atom. The zero-order chi connectivity index (χ0) is 16.1. The molecule has 0 spiro atoms. The fourth-order valence-corrected chi connectivity index (χ4v) is 2.95. The summed E-state index contributed by atoms with van der Waals surface area (Å²) in [6, 6.07) is 17.7. The molecule has 0 aromatic heterocycles. The standard InChI is InChI=1S/C19H23N3O/c1-15-7-9-17(10-8-15)21-19(23)18(16-5-3-2-4-6-16)22-13-11-20-12-14-22/h2-10,18,20H,11-14H2,1H3,(H,21,23). The summed E-state index contributed by atoms with van der Waals surface area (Å²) in [5.74, 6) is 0.0296. The summed E-state index contributed by atoms with van der Waals surface area (Å²) in [6.07, 6.45) is 0. The number of aryl methyl sites for hydroxylation is 1. The minimum absolute atomic E-state index is 0.0296. The molecule has 23 heavy (non-hydrogen) atoms. The first-order chi connectivity index (χ1) is 11.2. The molecule has 1 heterocycles. The summed E-state index contributed by atoms with van der Waals surface area (Å²) in [4.78, 5) is 15.2. The molecule has 0 bridgehead atoms. The number of carbonyl (C=O) groups is 1.